The first-order valence-electron chi connectivity index (χ1n) is 6.36. The van der Waals surface area contributed by atoms with Gasteiger partial charge in [-0.25, -0.2) is 0 Å². The van der Waals surface area contributed by atoms with Crippen LogP contribution in [0.15, 0.2) is 28.8 Å². The number of benzene rings is 1. The summed E-state index contributed by atoms with van der Waals surface area (Å²) in [6.45, 7) is 2.83. The van der Waals surface area contributed by atoms with E-state index in [9.17, 15) is 0 Å². The molecule has 0 saturated heterocycles. The van der Waals surface area contributed by atoms with Gasteiger partial charge in [0.25, 0.3) is 0 Å². The van der Waals surface area contributed by atoms with Gasteiger partial charge in [-0.05, 0) is 37.7 Å². The highest BCUT2D eigenvalue weighted by Crippen LogP contribution is 2.20. The highest BCUT2D eigenvalue weighted by molar-refractivity contribution is 5.40. The molecule has 102 valence electrons. The lowest BCUT2D eigenvalue weighted by Gasteiger charge is -2.09. The Morgan fingerprint density at radius 3 is 2.58 bits per heavy atom. The number of hydrogen-bond donors (Lipinski definition) is 1. The van der Waals surface area contributed by atoms with Crippen molar-refractivity contribution in [3.05, 3.63) is 41.5 Å². The van der Waals surface area contributed by atoms with Crippen molar-refractivity contribution in [3.63, 3.8) is 0 Å². The average Bonchev–Trinajstić information content (AvgIpc) is 2.76. The summed E-state index contributed by atoms with van der Waals surface area (Å²) in [7, 11) is 3.96. The normalized spacial score (nSPS) is 12.8. The van der Waals surface area contributed by atoms with E-state index in [4.69, 9.17) is 10.3 Å². The zero-order valence-electron chi connectivity index (χ0n) is 11.6. The first kappa shape index (κ1) is 13.5. The van der Waals surface area contributed by atoms with Crippen LogP contribution in [-0.2, 0) is 13.0 Å². The van der Waals surface area contributed by atoms with Gasteiger partial charge in [0.15, 0.2) is 5.82 Å². The Morgan fingerprint density at radius 2 is 1.95 bits per heavy atom. The topological polar surface area (TPSA) is 68.2 Å². The molecule has 0 amide bonds. The Balaban J connectivity index is 2.00. The maximum atomic E-state index is 5.68. The van der Waals surface area contributed by atoms with Gasteiger partial charge in [-0.1, -0.05) is 24.2 Å². The lowest BCUT2D eigenvalue weighted by molar-refractivity contribution is 0.346. The number of anilines is 1. The van der Waals surface area contributed by atoms with E-state index in [1.165, 1.54) is 5.56 Å². The molecule has 2 N–H and O–H groups in total. The average molecular weight is 260 g/mol. The molecule has 1 heterocycles. The van der Waals surface area contributed by atoms with Gasteiger partial charge in [0.2, 0.25) is 5.89 Å². The molecular weight excluding hydrogens is 240 g/mol. The summed E-state index contributed by atoms with van der Waals surface area (Å²) >= 11 is 0. The quantitative estimate of drug-likeness (QED) is 0.833. The molecule has 1 unspecified atom stereocenters. The highest BCUT2D eigenvalue weighted by atomic mass is 16.5. The third kappa shape index (κ3) is 3.79. The molecule has 5 nitrogen and oxygen atoms in total. The monoisotopic (exact) mass is 260 g/mol. The van der Waals surface area contributed by atoms with E-state index in [-0.39, 0.29) is 0 Å². The third-order valence-corrected chi connectivity index (χ3v) is 2.95. The molecule has 1 aromatic heterocycles. The lowest BCUT2D eigenvalue weighted by Crippen LogP contribution is -2.11. The number of nitrogens with two attached hydrogens (primary N) is 1. The summed E-state index contributed by atoms with van der Waals surface area (Å²) in [5, 5.41) is 3.97. The fourth-order valence-electron chi connectivity index (χ4n) is 1.92. The number of nitrogen functional groups attached to an aromatic ring is 1. The zero-order chi connectivity index (χ0) is 13.8. The smallest absolute Gasteiger partial charge is 0.227 e. The maximum absolute atomic E-state index is 5.68. The van der Waals surface area contributed by atoms with Gasteiger partial charge in [-0.3, -0.25) is 0 Å². The van der Waals surface area contributed by atoms with Gasteiger partial charge in [-0.2, -0.15) is 4.98 Å². The molecule has 0 fully saturated rings. The lowest BCUT2D eigenvalue weighted by atomic mass is 9.98. The van der Waals surface area contributed by atoms with Crippen LogP contribution in [-0.4, -0.2) is 29.1 Å². The first-order chi connectivity index (χ1) is 9.04. The van der Waals surface area contributed by atoms with E-state index < -0.39 is 0 Å². The fraction of sp³-hybridized carbons (Fsp3) is 0.429. The van der Waals surface area contributed by atoms with Gasteiger partial charge >= 0.3 is 0 Å². The molecule has 0 aliphatic heterocycles. The number of hydrogen-bond acceptors (Lipinski definition) is 5. The van der Waals surface area contributed by atoms with Crippen LogP contribution < -0.4 is 5.73 Å². The van der Waals surface area contributed by atoms with Crippen molar-refractivity contribution in [1.82, 2.24) is 15.0 Å². The Kier molecular flexibility index (Phi) is 4.16. The summed E-state index contributed by atoms with van der Waals surface area (Å²) in [5.74, 6) is 1.74. The number of aromatic nitrogens is 2. The van der Waals surface area contributed by atoms with Crippen LogP contribution >= 0.6 is 0 Å². The molecule has 19 heavy (non-hydrogen) atoms. The minimum absolute atomic E-state index is 0.327. The molecule has 0 aliphatic rings. The van der Waals surface area contributed by atoms with Crippen molar-refractivity contribution >= 4 is 5.69 Å². The predicted molar refractivity (Wildman–Crippen MR) is 74.7 cm³/mol. The Labute approximate surface area is 113 Å². The van der Waals surface area contributed by atoms with E-state index in [1.807, 2.05) is 43.3 Å². The summed E-state index contributed by atoms with van der Waals surface area (Å²) in [4.78, 5) is 6.40. The second-order valence-electron chi connectivity index (χ2n) is 5.11. The maximum Gasteiger partial charge on any atom is 0.227 e. The van der Waals surface area contributed by atoms with E-state index >= 15 is 0 Å². The molecule has 2 aromatic rings. The van der Waals surface area contributed by atoms with Crippen molar-refractivity contribution in [1.29, 1.82) is 0 Å². The van der Waals surface area contributed by atoms with Crippen molar-refractivity contribution in [3.8, 4) is 0 Å². The van der Waals surface area contributed by atoms with Crippen molar-refractivity contribution in [2.45, 2.75) is 25.8 Å². The summed E-state index contributed by atoms with van der Waals surface area (Å²) < 4.78 is 5.27. The van der Waals surface area contributed by atoms with Crippen LogP contribution in [0.25, 0.3) is 0 Å². The van der Waals surface area contributed by atoms with E-state index in [0.717, 1.165) is 17.9 Å². The molecule has 0 spiro atoms. The Hall–Kier alpha value is -1.88. The van der Waals surface area contributed by atoms with Crippen molar-refractivity contribution < 1.29 is 4.52 Å². The van der Waals surface area contributed by atoms with Crippen LogP contribution in [0.4, 0.5) is 5.69 Å². The number of nitrogens with zero attached hydrogens (tertiary/aromatic N) is 3. The Morgan fingerprint density at radius 1 is 1.26 bits per heavy atom. The van der Waals surface area contributed by atoms with E-state index in [2.05, 4.69) is 17.1 Å². The van der Waals surface area contributed by atoms with Crippen LogP contribution in [0, 0.1) is 0 Å². The Bertz CT molecular complexity index is 518. The van der Waals surface area contributed by atoms with Gasteiger partial charge < -0.3 is 15.2 Å². The van der Waals surface area contributed by atoms with Crippen molar-refractivity contribution in [2.24, 2.45) is 0 Å². The predicted octanol–water partition coefficient (Wildman–Crippen LogP) is 2.06. The first-order valence-corrected chi connectivity index (χ1v) is 6.36. The van der Waals surface area contributed by atoms with E-state index in [1.54, 1.807) is 0 Å². The molecule has 5 heteroatoms. The van der Waals surface area contributed by atoms with Crippen LogP contribution in [0.1, 0.15) is 30.1 Å². The van der Waals surface area contributed by atoms with Crippen LogP contribution in [0.2, 0.25) is 0 Å². The standard InChI is InChI=1S/C14H20N4O/c1-10(11-4-6-12(15)7-5-11)8-14-16-13(17-19-14)9-18(2)3/h4-7,10H,8-9,15H2,1-3H3. The number of rotatable bonds is 5. The van der Waals surface area contributed by atoms with Gasteiger partial charge in [-0.15, -0.1) is 0 Å². The van der Waals surface area contributed by atoms with Crippen LogP contribution in [0.5, 0.6) is 0 Å². The molecule has 1 aromatic carbocycles. The second kappa shape index (κ2) is 5.84. The summed E-state index contributed by atoms with van der Waals surface area (Å²) in [6, 6.07) is 7.91. The van der Waals surface area contributed by atoms with Gasteiger partial charge in [0.1, 0.15) is 0 Å². The minimum Gasteiger partial charge on any atom is -0.399 e. The molecule has 2 rings (SSSR count). The van der Waals surface area contributed by atoms with E-state index in [0.29, 0.717) is 18.4 Å². The highest BCUT2D eigenvalue weighted by Gasteiger charge is 2.12. The largest absolute Gasteiger partial charge is 0.399 e. The van der Waals surface area contributed by atoms with Crippen molar-refractivity contribution in [2.75, 3.05) is 19.8 Å². The molecule has 0 saturated carbocycles. The molecule has 0 aliphatic carbocycles. The third-order valence-electron chi connectivity index (χ3n) is 2.95. The molecule has 1 atom stereocenters. The zero-order valence-corrected chi connectivity index (χ0v) is 11.6. The summed E-state index contributed by atoms with van der Waals surface area (Å²) in [6.07, 6.45) is 0.740. The van der Waals surface area contributed by atoms with Crippen LogP contribution in [0.3, 0.4) is 0 Å². The molecule has 0 bridgehead atoms. The molecular formula is C14H20N4O. The minimum atomic E-state index is 0.327. The fourth-order valence-corrected chi connectivity index (χ4v) is 1.92. The second-order valence-corrected chi connectivity index (χ2v) is 5.11. The molecule has 0 radical (unpaired) electrons. The van der Waals surface area contributed by atoms with Gasteiger partial charge in [0, 0.05) is 12.1 Å². The van der Waals surface area contributed by atoms with Gasteiger partial charge in [0.05, 0.1) is 6.54 Å². The SMILES string of the molecule is CC(Cc1nc(CN(C)C)no1)c1ccc(N)cc1. The summed E-state index contributed by atoms with van der Waals surface area (Å²) in [5.41, 5.74) is 7.69.